The van der Waals surface area contributed by atoms with Crippen LogP contribution in [-0.4, -0.2) is 34.1 Å². The number of anilines is 1. The highest BCUT2D eigenvalue weighted by Crippen LogP contribution is 2.41. The molecule has 134 valence electrons. The van der Waals surface area contributed by atoms with Gasteiger partial charge in [0.05, 0.1) is 10.9 Å². The molecule has 1 unspecified atom stereocenters. The van der Waals surface area contributed by atoms with Crippen LogP contribution in [0.3, 0.4) is 0 Å². The molecular weight excluding hydrogens is 338 g/mol. The van der Waals surface area contributed by atoms with E-state index in [9.17, 15) is 10.1 Å². The van der Waals surface area contributed by atoms with Gasteiger partial charge in [-0.15, -0.1) is 0 Å². The number of H-pyrrole nitrogens is 1. The highest BCUT2D eigenvalue weighted by molar-refractivity contribution is 5.99. The molecule has 1 amide bonds. The first kappa shape index (κ1) is 15.9. The summed E-state index contributed by atoms with van der Waals surface area (Å²) in [6, 6.07) is 12.5. The Morgan fingerprint density at radius 2 is 2.04 bits per heavy atom. The molecule has 1 saturated heterocycles. The number of aromatic amines is 1. The first-order valence-corrected chi connectivity index (χ1v) is 9.12. The van der Waals surface area contributed by atoms with Gasteiger partial charge in [-0.2, -0.15) is 10.4 Å². The van der Waals surface area contributed by atoms with Gasteiger partial charge in [0.2, 0.25) is 5.91 Å². The zero-order chi connectivity index (χ0) is 18.6. The van der Waals surface area contributed by atoms with E-state index >= 15 is 0 Å². The van der Waals surface area contributed by atoms with Crippen LogP contribution in [0, 0.1) is 23.8 Å². The molecule has 5 rings (SSSR count). The van der Waals surface area contributed by atoms with E-state index in [1.807, 2.05) is 19.1 Å². The van der Waals surface area contributed by atoms with E-state index in [1.54, 1.807) is 4.90 Å². The van der Waals surface area contributed by atoms with Gasteiger partial charge < -0.3 is 10.2 Å². The van der Waals surface area contributed by atoms with Crippen LogP contribution in [-0.2, 0) is 11.2 Å². The van der Waals surface area contributed by atoms with Crippen LogP contribution in [0.1, 0.15) is 17.7 Å². The highest BCUT2D eigenvalue weighted by atomic mass is 16.2. The second-order valence-electron chi connectivity index (χ2n) is 7.64. The van der Waals surface area contributed by atoms with Gasteiger partial charge in [-0.1, -0.05) is 18.2 Å². The molecule has 6 nitrogen and oxygen atoms in total. The van der Waals surface area contributed by atoms with Crippen LogP contribution in [0.2, 0.25) is 0 Å². The molecule has 0 aliphatic carbocycles. The van der Waals surface area contributed by atoms with Crippen LogP contribution >= 0.6 is 0 Å². The average molecular weight is 357 g/mol. The fraction of sp³-hybridized carbons (Fsp3) is 0.286. The molecule has 2 aliphatic rings. The predicted molar refractivity (Wildman–Crippen MR) is 103 cm³/mol. The van der Waals surface area contributed by atoms with Gasteiger partial charge in [-0.25, -0.2) is 0 Å². The Balaban J connectivity index is 1.53. The van der Waals surface area contributed by atoms with E-state index in [0.29, 0.717) is 25.9 Å². The Hall–Kier alpha value is -3.33. The molecule has 6 heteroatoms. The minimum absolute atomic E-state index is 0.0360. The average Bonchev–Trinajstić information content (AvgIpc) is 3.27. The zero-order valence-electron chi connectivity index (χ0n) is 15.0. The first-order valence-electron chi connectivity index (χ1n) is 9.12. The topological polar surface area (TPSA) is 84.8 Å². The number of rotatable bonds is 1. The van der Waals surface area contributed by atoms with E-state index in [1.165, 1.54) is 0 Å². The van der Waals surface area contributed by atoms with E-state index in [-0.39, 0.29) is 5.91 Å². The van der Waals surface area contributed by atoms with Gasteiger partial charge in [-0.05, 0) is 54.7 Å². The van der Waals surface area contributed by atoms with Crippen LogP contribution in [0.15, 0.2) is 36.4 Å². The third-order valence-electron chi connectivity index (χ3n) is 5.94. The van der Waals surface area contributed by atoms with Crippen molar-refractivity contribution >= 4 is 22.5 Å². The van der Waals surface area contributed by atoms with Crippen LogP contribution in [0.4, 0.5) is 5.69 Å². The van der Waals surface area contributed by atoms with Gasteiger partial charge in [0.15, 0.2) is 6.19 Å². The fourth-order valence-corrected chi connectivity index (χ4v) is 4.35. The standard InChI is InChI=1S/C21H19N5O/c1-13-17-4-2-15(9-19(17)25-24-13)14-3-5-18-16(8-14)10-21(20(27)23-18)6-7-26(11-21)12-22/h2-5,8-9H,6-7,10-11H2,1H3,(H,23,27)(H,24,25). The van der Waals surface area contributed by atoms with Crippen molar-refractivity contribution in [2.45, 2.75) is 19.8 Å². The third-order valence-corrected chi connectivity index (χ3v) is 5.94. The maximum Gasteiger partial charge on any atom is 0.232 e. The van der Waals surface area contributed by atoms with Gasteiger partial charge in [0.1, 0.15) is 0 Å². The summed E-state index contributed by atoms with van der Waals surface area (Å²) >= 11 is 0. The molecule has 2 aromatic carbocycles. The summed E-state index contributed by atoms with van der Waals surface area (Å²) in [6.45, 7) is 3.16. The number of aryl methyl sites for hydroxylation is 1. The Labute approximate surface area is 156 Å². The lowest BCUT2D eigenvalue weighted by Gasteiger charge is -2.33. The zero-order valence-corrected chi connectivity index (χ0v) is 15.0. The fourth-order valence-electron chi connectivity index (χ4n) is 4.35. The number of benzene rings is 2. The van der Waals surface area contributed by atoms with Crippen LogP contribution in [0.25, 0.3) is 22.0 Å². The Bertz CT molecular complexity index is 1130. The predicted octanol–water partition coefficient (Wildman–Crippen LogP) is 3.21. The largest absolute Gasteiger partial charge is 0.325 e. The Kier molecular flexibility index (Phi) is 3.28. The van der Waals surface area contributed by atoms with Crippen molar-refractivity contribution in [3.05, 3.63) is 47.7 Å². The number of nitriles is 1. The highest BCUT2D eigenvalue weighted by Gasteiger charge is 2.47. The number of hydrogen-bond donors (Lipinski definition) is 2. The molecule has 3 heterocycles. The second-order valence-corrected chi connectivity index (χ2v) is 7.64. The van der Waals surface area contributed by atoms with Gasteiger partial charge >= 0.3 is 0 Å². The van der Waals surface area contributed by atoms with Crippen LogP contribution < -0.4 is 5.32 Å². The van der Waals surface area contributed by atoms with Crippen molar-refractivity contribution in [1.82, 2.24) is 15.1 Å². The monoisotopic (exact) mass is 357 g/mol. The number of hydrogen-bond acceptors (Lipinski definition) is 4. The molecule has 1 atom stereocenters. The quantitative estimate of drug-likeness (QED) is 0.655. The summed E-state index contributed by atoms with van der Waals surface area (Å²) in [5.74, 6) is 0.0360. The minimum Gasteiger partial charge on any atom is -0.325 e. The Morgan fingerprint density at radius 1 is 1.22 bits per heavy atom. The lowest BCUT2D eigenvalue weighted by Crippen LogP contribution is -2.43. The van der Waals surface area contributed by atoms with Gasteiger partial charge in [0, 0.05) is 29.9 Å². The number of nitrogens with zero attached hydrogens (tertiary/aromatic N) is 3. The van der Waals surface area contributed by atoms with E-state index in [4.69, 9.17) is 0 Å². The maximum absolute atomic E-state index is 12.7. The van der Waals surface area contributed by atoms with Crippen molar-refractivity contribution in [3.8, 4) is 17.3 Å². The molecule has 2 aliphatic heterocycles. The molecule has 1 aromatic heterocycles. The summed E-state index contributed by atoms with van der Waals surface area (Å²) in [5, 5.41) is 20.7. The van der Waals surface area contributed by atoms with E-state index < -0.39 is 5.41 Å². The minimum atomic E-state index is -0.495. The lowest BCUT2D eigenvalue weighted by atomic mass is 9.76. The van der Waals surface area contributed by atoms with Crippen molar-refractivity contribution in [2.24, 2.45) is 5.41 Å². The smallest absolute Gasteiger partial charge is 0.232 e. The van der Waals surface area contributed by atoms with Crippen molar-refractivity contribution < 1.29 is 4.79 Å². The number of fused-ring (bicyclic) bond motifs is 2. The lowest BCUT2D eigenvalue weighted by molar-refractivity contribution is -0.125. The van der Waals surface area contributed by atoms with Crippen molar-refractivity contribution in [1.29, 1.82) is 5.26 Å². The molecule has 0 bridgehead atoms. The number of nitrogens with one attached hydrogen (secondary N) is 2. The summed E-state index contributed by atoms with van der Waals surface area (Å²) in [4.78, 5) is 14.4. The molecule has 1 fully saturated rings. The molecule has 27 heavy (non-hydrogen) atoms. The number of amides is 1. The third kappa shape index (κ3) is 2.39. The maximum atomic E-state index is 12.7. The molecule has 3 aromatic rings. The molecular formula is C21H19N5O. The normalized spacial score (nSPS) is 21.3. The van der Waals surface area contributed by atoms with Crippen molar-refractivity contribution in [3.63, 3.8) is 0 Å². The molecule has 1 spiro atoms. The summed E-state index contributed by atoms with van der Waals surface area (Å²) in [6.07, 6.45) is 3.57. The number of likely N-dealkylation sites (tertiary alicyclic amines) is 1. The van der Waals surface area contributed by atoms with Crippen molar-refractivity contribution in [2.75, 3.05) is 18.4 Å². The number of carbonyl (C=O) groups excluding carboxylic acids is 1. The summed E-state index contributed by atoms with van der Waals surface area (Å²) < 4.78 is 0. The van der Waals surface area contributed by atoms with E-state index in [2.05, 4.69) is 46.0 Å². The summed E-state index contributed by atoms with van der Waals surface area (Å²) in [7, 11) is 0. The molecule has 2 N–H and O–H groups in total. The summed E-state index contributed by atoms with van der Waals surface area (Å²) in [5.41, 5.74) is 5.74. The molecule has 0 radical (unpaired) electrons. The van der Waals surface area contributed by atoms with E-state index in [0.717, 1.165) is 39.0 Å². The molecule has 0 saturated carbocycles. The number of carbonyl (C=O) groups is 1. The van der Waals surface area contributed by atoms with Gasteiger partial charge in [-0.3, -0.25) is 9.89 Å². The second kappa shape index (κ2) is 5.58. The Morgan fingerprint density at radius 3 is 2.85 bits per heavy atom. The first-order chi connectivity index (χ1) is 13.1. The van der Waals surface area contributed by atoms with Crippen LogP contribution in [0.5, 0.6) is 0 Å². The van der Waals surface area contributed by atoms with Gasteiger partial charge in [0.25, 0.3) is 0 Å². The number of aromatic nitrogens is 2. The SMILES string of the molecule is Cc1[nH]nc2cc(-c3ccc4c(c3)CC3(CCN(C#N)C3)C(=O)N4)ccc12.